The minimum absolute atomic E-state index is 0.541. The first-order chi connectivity index (χ1) is 8.62. The largest absolute Gasteiger partial charge is 0.203 e. The van der Waals surface area contributed by atoms with E-state index in [1.54, 1.807) is 6.07 Å². The van der Waals surface area contributed by atoms with Crippen molar-refractivity contribution in [3.05, 3.63) is 34.6 Å². The highest BCUT2D eigenvalue weighted by molar-refractivity contribution is 8.24. The summed E-state index contributed by atoms with van der Waals surface area (Å²) in [6, 6.07) is 1.79. The first-order valence-electron chi connectivity index (χ1n) is 4.78. The van der Waals surface area contributed by atoms with Gasteiger partial charge in [-0.1, -0.05) is 24.0 Å². The molecule has 8 heteroatoms. The molecule has 0 unspecified atom stereocenters. The maximum atomic E-state index is 13.4. The molecule has 0 bridgehead atoms. The minimum Gasteiger partial charge on any atom is -0.203 e. The number of rotatable bonds is 2. The van der Waals surface area contributed by atoms with Crippen LogP contribution in [0.25, 0.3) is 0 Å². The van der Waals surface area contributed by atoms with E-state index in [2.05, 4.69) is 12.2 Å². The van der Waals surface area contributed by atoms with Crippen LogP contribution in [-0.4, -0.2) is 8.94 Å². The van der Waals surface area contributed by atoms with Crippen LogP contribution in [0.5, 0.6) is 0 Å². The lowest BCUT2D eigenvalue weighted by atomic mass is 10.2. The molecule has 0 amide bonds. The molecule has 0 saturated carbocycles. The highest BCUT2D eigenvalue weighted by atomic mass is 32.2. The third-order valence-corrected chi connectivity index (χ3v) is 3.48. The molecule has 0 aromatic heterocycles. The number of thiocarbonyl (C=S) groups is 1. The Labute approximate surface area is 115 Å². The Kier molecular flexibility index (Phi) is 4.53. The van der Waals surface area contributed by atoms with Crippen LogP contribution >= 0.6 is 24.0 Å². The molecule has 0 spiro atoms. The fourth-order valence-electron chi connectivity index (χ4n) is 1.09. The Bertz CT molecular complexity index is 563. The van der Waals surface area contributed by atoms with Crippen LogP contribution < -0.4 is 0 Å². The smallest absolute Gasteiger partial charge is 0.200 e. The number of benzene rings is 1. The average molecular weight is 311 g/mol. The monoisotopic (exact) mass is 311 g/mol. The van der Waals surface area contributed by atoms with Gasteiger partial charge in [-0.05, 0) is 13.8 Å². The molecule has 1 rings (SSSR count). The van der Waals surface area contributed by atoms with E-state index < -0.39 is 43.6 Å². The first kappa shape index (κ1) is 15.9. The van der Waals surface area contributed by atoms with E-state index in [1.807, 2.05) is 0 Å². The second-order valence-electron chi connectivity index (χ2n) is 3.96. The summed E-state index contributed by atoms with van der Waals surface area (Å²) in [7, 11) is 0. The molecule has 0 radical (unpaired) electrons. The summed E-state index contributed by atoms with van der Waals surface area (Å²) >= 11 is 5.19. The quantitative estimate of drug-likeness (QED) is 0.356. The minimum atomic E-state index is -2.24. The summed E-state index contributed by atoms with van der Waals surface area (Å²) in [6.07, 6.45) is 0. The second-order valence-corrected chi connectivity index (χ2v) is 6.26. The third kappa shape index (κ3) is 3.04. The normalized spacial score (nSPS) is 11.3. The molecule has 1 nitrogen and oxygen atoms in total. The van der Waals surface area contributed by atoms with Crippen LogP contribution in [0.4, 0.5) is 22.0 Å². The molecule has 1 aromatic carbocycles. The lowest BCUT2D eigenvalue weighted by Gasteiger charge is -2.16. The van der Waals surface area contributed by atoms with Gasteiger partial charge < -0.3 is 0 Å². The van der Waals surface area contributed by atoms with E-state index in [1.165, 1.54) is 13.8 Å². The molecule has 1 aromatic rings. The van der Waals surface area contributed by atoms with Gasteiger partial charge in [-0.15, -0.1) is 0 Å². The first-order valence-corrected chi connectivity index (χ1v) is 6.01. The summed E-state index contributed by atoms with van der Waals surface area (Å²) in [6.45, 7) is 2.80. The van der Waals surface area contributed by atoms with E-state index >= 15 is 0 Å². The van der Waals surface area contributed by atoms with Gasteiger partial charge >= 0.3 is 0 Å². The Balaban J connectivity index is 3.38. The number of halogens is 5. The SMILES string of the molecule is CC(C)(C#N)SC(=S)c1c(F)c(F)c(F)c(F)c1F. The maximum absolute atomic E-state index is 13.4. The van der Waals surface area contributed by atoms with Gasteiger partial charge in [0.25, 0.3) is 0 Å². The highest BCUT2D eigenvalue weighted by Crippen LogP contribution is 2.32. The van der Waals surface area contributed by atoms with E-state index in [-0.39, 0.29) is 0 Å². The van der Waals surface area contributed by atoms with Crippen molar-refractivity contribution >= 4 is 28.2 Å². The van der Waals surface area contributed by atoms with Crippen LogP contribution in [0.15, 0.2) is 0 Å². The molecule has 102 valence electrons. The third-order valence-electron chi connectivity index (χ3n) is 2.03. The molecular formula is C11H6F5NS2. The molecule has 0 aliphatic heterocycles. The van der Waals surface area contributed by atoms with E-state index in [9.17, 15) is 22.0 Å². The predicted octanol–water partition coefficient (Wildman–Crippen LogP) is 4.09. The average Bonchev–Trinajstić information content (AvgIpc) is 2.33. The summed E-state index contributed by atoms with van der Waals surface area (Å²) < 4.78 is 63.9. The Morgan fingerprint density at radius 1 is 1.00 bits per heavy atom. The van der Waals surface area contributed by atoms with Crippen molar-refractivity contribution in [2.75, 3.05) is 0 Å². The van der Waals surface area contributed by atoms with Crippen LogP contribution in [0, 0.1) is 40.4 Å². The van der Waals surface area contributed by atoms with Gasteiger partial charge in [0.2, 0.25) is 5.82 Å². The zero-order chi connectivity index (χ0) is 15.0. The maximum Gasteiger partial charge on any atom is 0.200 e. The summed E-state index contributed by atoms with van der Waals surface area (Å²) in [4.78, 5) is 0. The second kappa shape index (κ2) is 5.43. The Morgan fingerprint density at radius 2 is 1.37 bits per heavy atom. The van der Waals surface area contributed by atoms with Crippen molar-refractivity contribution in [3.63, 3.8) is 0 Å². The zero-order valence-corrected chi connectivity index (χ0v) is 11.3. The van der Waals surface area contributed by atoms with Crippen LogP contribution in [0.1, 0.15) is 19.4 Å². The van der Waals surface area contributed by atoms with Crippen molar-refractivity contribution in [2.45, 2.75) is 18.6 Å². The molecule has 0 fully saturated rings. The topological polar surface area (TPSA) is 23.8 Å². The fourth-order valence-corrected chi connectivity index (χ4v) is 2.68. The van der Waals surface area contributed by atoms with Crippen LogP contribution in [0.3, 0.4) is 0 Å². The van der Waals surface area contributed by atoms with Gasteiger partial charge in [0.05, 0.1) is 15.8 Å². The Hall–Kier alpha value is -1.20. The number of nitriles is 1. The van der Waals surface area contributed by atoms with Crippen LogP contribution in [-0.2, 0) is 0 Å². The van der Waals surface area contributed by atoms with Crippen LogP contribution in [0.2, 0.25) is 0 Å². The zero-order valence-electron chi connectivity index (χ0n) is 9.65. The highest BCUT2D eigenvalue weighted by Gasteiger charge is 2.30. The van der Waals surface area contributed by atoms with Crippen molar-refractivity contribution in [1.82, 2.24) is 0 Å². The number of hydrogen-bond acceptors (Lipinski definition) is 3. The van der Waals surface area contributed by atoms with Crippen molar-refractivity contribution < 1.29 is 22.0 Å². The van der Waals surface area contributed by atoms with Crippen molar-refractivity contribution in [3.8, 4) is 6.07 Å². The van der Waals surface area contributed by atoms with Gasteiger partial charge in [-0.25, -0.2) is 22.0 Å². The van der Waals surface area contributed by atoms with Gasteiger partial charge in [0, 0.05) is 0 Å². The van der Waals surface area contributed by atoms with Gasteiger partial charge in [-0.2, -0.15) is 5.26 Å². The Morgan fingerprint density at radius 3 is 1.74 bits per heavy atom. The van der Waals surface area contributed by atoms with Gasteiger partial charge in [0.1, 0.15) is 4.75 Å². The standard InChI is InChI=1S/C11H6F5NS2/c1-11(2,3-17)19-10(18)4-5(12)7(14)9(16)8(15)6(4)13/h1-2H3. The summed E-state index contributed by atoms with van der Waals surface area (Å²) in [5.74, 6) is -10.4. The molecule has 0 aliphatic carbocycles. The molecule has 19 heavy (non-hydrogen) atoms. The fraction of sp³-hybridized carbons (Fsp3) is 0.273. The molecule has 0 N–H and O–H groups in total. The molecule has 0 aliphatic rings. The lowest BCUT2D eigenvalue weighted by Crippen LogP contribution is -2.17. The van der Waals surface area contributed by atoms with Gasteiger partial charge in [0.15, 0.2) is 23.3 Å². The number of thioether (sulfide) groups is 1. The number of hydrogen-bond donors (Lipinski definition) is 0. The summed E-state index contributed by atoms with van der Waals surface area (Å²) in [5.41, 5.74) is -1.18. The number of nitrogens with zero attached hydrogens (tertiary/aromatic N) is 1. The van der Waals surface area contributed by atoms with E-state index in [0.29, 0.717) is 11.8 Å². The van der Waals surface area contributed by atoms with E-state index in [0.717, 1.165) is 0 Å². The molecule has 0 heterocycles. The molecule has 0 saturated heterocycles. The lowest BCUT2D eigenvalue weighted by molar-refractivity contribution is 0.377. The van der Waals surface area contributed by atoms with Crippen molar-refractivity contribution in [1.29, 1.82) is 5.26 Å². The van der Waals surface area contributed by atoms with Crippen molar-refractivity contribution in [2.24, 2.45) is 0 Å². The predicted molar refractivity (Wildman–Crippen MR) is 65.2 cm³/mol. The molecular weight excluding hydrogens is 305 g/mol. The summed E-state index contributed by atoms with van der Waals surface area (Å²) in [5, 5.41) is 8.76. The van der Waals surface area contributed by atoms with Gasteiger partial charge in [-0.3, -0.25) is 0 Å². The molecule has 0 atom stereocenters. The van der Waals surface area contributed by atoms with E-state index in [4.69, 9.17) is 5.26 Å².